The third kappa shape index (κ3) is 3.02. The van der Waals surface area contributed by atoms with Crippen molar-refractivity contribution in [1.29, 1.82) is 0 Å². The second kappa shape index (κ2) is 5.83. The SMILES string of the molecule is Cc1ccc(S(=O)(=O)Oc2ccc(Cl)c3cccnc23)cc1C. The lowest BCUT2D eigenvalue weighted by Gasteiger charge is -2.11. The average molecular weight is 348 g/mol. The van der Waals surface area contributed by atoms with Gasteiger partial charge in [0.15, 0.2) is 5.75 Å². The van der Waals surface area contributed by atoms with Gasteiger partial charge >= 0.3 is 10.1 Å². The summed E-state index contributed by atoms with van der Waals surface area (Å²) in [5, 5.41) is 1.13. The first-order chi connectivity index (χ1) is 10.9. The Morgan fingerprint density at radius 2 is 1.83 bits per heavy atom. The molecule has 3 aromatic rings. The Balaban J connectivity index is 2.07. The molecule has 0 atom stereocenters. The summed E-state index contributed by atoms with van der Waals surface area (Å²) in [5.74, 6) is 0.156. The molecule has 1 heterocycles. The molecule has 0 spiro atoms. The van der Waals surface area contributed by atoms with Crippen LogP contribution in [0.5, 0.6) is 5.75 Å². The van der Waals surface area contributed by atoms with Gasteiger partial charge in [0, 0.05) is 11.6 Å². The van der Waals surface area contributed by atoms with Crippen LogP contribution in [0, 0.1) is 13.8 Å². The first kappa shape index (κ1) is 15.8. The molecule has 0 radical (unpaired) electrons. The van der Waals surface area contributed by atoms with Gasteiger partial charge in [-0.3, -0.25) is 4.98 Å². The lowest BCUT2D eigenvalue weighted by Crippen LogP contribution is -2.10. The molecular weight excluding hydrogens is 334 g/mol. The minimum Gasteiger partial charge on any atom is -0.377 e. The molecule has 0 saturated heterocycles. The quantitative estimate of drug-likeness (QED) is 0.664. The molecule has 1 aromatic heterocycles. The molecule has 0 amide bonds. The number of benzene rings is 2. The predicted octanol–water partition coefficient (Wildman–Crippen LogP) is 4.27. The maximum atomic E-state index is 12.5. The molecule has 0 aliphatic rings. The number of nitrogens with zero attached hydrogens (tertiary/aromatic N) is 1. The lowest BCUT2D eigenvalue weighted by molar-refractivity contribution is 0.488. The number of pyridine rings is 1. The second-order valence-electron chi connectivity index (χ2n) is 5.23. The number of aryl methyl sites for hydroxylation is 2. The Morgan fingerprint density at radius 1 is 1.04 bits per heavy atom. The van der Waals surface area contributed by atoms with Crippen LogP contribution in [0.25, 0.3) is 10.9 Å². The number of halogens is 1. The molecule has 23 heavy (non-hydrogen) atoms. The Labute approximate surface area is 139 Å². The van der Waals surface area contributed by atoms with Gasteiger partial charge in [0.1, 0.15) is 10.4 Å². The zero-order chi connectivity index (χ0) is 16.6. The summed E-state index contributed by atoms with van der Waals surface area (Å²) in [4.78, 5) is 4.29. The van der Waals surface area contributed by atoms with Crippen molar-refractivity contribution in [3.63, 3.8) is 0 Å². The normalized spacial score (nSPS) is 11.6. The summed E-state index contributed by atoms with van der Waals surface area (Å²) >= 11 is 6.11. The van der Waals surface area contributed by atoms with Crippen molar-refractivity contribution in [3.8, 4) is 5.75 Å². The Bertz CT molecular complexity index is 1000. The van der Waals surface area contributed by atoms with E-state index in [9.17, 15) is 8.42 Å². The lowest BCUT2D eigenvalue weighted by atomic mass is 10.1. The fourth-order valence-corrected chi connectivity index (χ4v) is 3.45. The summed E-state index contributed by atoms with van der Waals surface area (Å²) in [6.45, 7) is 3.77. The summed E-state index contributed by atoms with van der Waals surface area (Å²) in [5.41, 5.74) is 2.31. The number of aromatic nitrogens is 1. The molecule has 118 valence electrons. The van der Waals surface area contributed by atoms with Crippen LogP contribution in [0.3, 0.4) is 0 Å². The number of rotatable bonds is 3. The van der Waals surface area contributed by atoms with Crippen LogP contribution >= 0.6 is 11.6 Å². The number of hydrogen-bond acceptors (Lipinski definition) is 4. The van der Waals surface area contributed by atoms with E-state index in [0.29, 0.717) is 15.9 Å². The highest BCUT2D eigenvalue weighted by Crippen LogP contribution is 2.31. The molecule has 0 saturated carbocycles. The van der Waals surface area contributed by atoms with Crippen molar-refractivity contribution < 1.29 is 12.6 Å². The first-order valence-corrected chi connectivity index (χ1v) is 8.72. The maximum absolute atomic E-state index is 12.5. The van der Waals surface area contributed by atoms with Crippen LogP contribution in [0.2, 0.25) is 5.02 Å². The zero-order valence-corrected chi connectivity index (χ0v) is 14.1. The average Bonchev–Trinajstić information content (AvgIpc) is 2.53. The van der Waals surface area contributed by atoms with Crippen LogP contribution in [0.15, 0.2) is 53.6 Å². The highest BCUT2D eigenvalue weighted by atomic mass is 35.5. The predicted molar refractivity (Wildman–Crippen MR) is 90.5 cm³/mol. The minimum atomic E-state index is -3.94. The third-order valence-electron chi connectivity index (χ3n) is 3.65. The van der Waals surface area contributed by atoms with Gasteiger partial charge in [-0.05, 0) is 61.4 Å². The molecule has 0 aliphatic carbocycles. The minimum absolute atomic E-state index is 0.111. The van der Waals surface area contributed by atoms with Crippen molar-refractivity contribution in [2.75, 3.05) is 0 Å². The summed E-state index contributed by atoms with van der Waals surface area (Å²) in [6.07, 6.45) is 1.56. The van der Waals surface area contributed by atoms with Crippen molar-refractivity contribution >= 4 is 32.6 Å². The van der Waals surface area contributed by atoms with E-state index in [2.05, 4.69) is 4.98 Å². The van der Waals surface area contributed by atoms with Crippen molar-refractivity contribution in [2.24, 2.45) is 0 Å². The van der Waals surface area contributed by atoms with Crippen LogP contribution in [0.4, 0.5) is 0 Å². The van der Waals surface area contributed by atoms with E-state index in [1.165, 1.54) is 12.1 Å². The molecule has 0 bridgehead atoms. The van der Waals surface area contributed by atoms with E-state index in [1.807, 2.05) is 13.8 Å². The van der Waals surface area contributed by atoms with E-state index < -0.39 is 10.1 Å². The fourth-order valence-electron chi connectivity index (χ4n) is 2.21. The standard InChI is InChI=1S/C17H14ClNO3S/c1-11-5-6-13(10-12(11)2)23(20,21)22-16-8-7-15(18)14-4-3-9-19-17(14)16/h3-10H,1-2H3. The first-order valence-electron chi connectivity index (χ1n) is 6.93. The van der Waals surface area contributed by atoms with Crippen LogP contribution in [0.1, 0.15) is 11.1 Å². The molecule has 3 rings (SSSR count). The topological polar surface area (TPSA) is 56.3 Å². The van der Waals surface area contributed by atoms with E-state index in [1.54, 1.807) is 36.5 Å². The largest absolute Gasteiger partial charge is 0.377 e. The van der Waals surface area contributed by atoms with E-state index in [4.69, 9.17) is 15.8 Å². The Kier molecular flexibility index (Phi) is 4.00. The highest BCUT2D eigenvalue weighted by Gasteiger charge is 2.19. The Morgan fingerprint density at radius 3 is 2.57 bits per heavy atom. The smallest absolute Gasteiger partial charge is 0.339 e. The van der Waals surface area contributed by atoms with Gasteiger partial charge in [-0.1, -0.05) is 17.7 Å². The summed E-state index contributed by atoms with van der Waals surface area (Å²) < 4.78 is 30.3. The van der Waals surface area contributed by atoms with Gasteiger partial charge in [-0.2, -0.15) is 8.42 Å². The van der Waals surface area contributed by atoms with Crippen molar-refractivity contribution in [1.82, 2.24) is 4.98 Å². The molecule has 0 unspecified atom stereocenters. The van der Waals surface area contributed by atoms with E-state index in [-0.39, 0.29) is 10.6 Å². The molecular formula is C17H14ClNO3S. The number of fused-ring (bicyclic) bond motifs is 1. The maximum Gasteiger partial charge on any atom is 0.339 e. The van der Waals surface area contributed by atoms with Gasteiger partial charge in [0.25, 0.3) is 0 Å². The van der Waals surface area contributed by atoms with Crippen LogP contribution in [-0.2, 0) is 10.1 Å². The molecule has 6 heteroatoms. The van der Waals surface area contributed by atoms with Gasteiger partial charge in [-0.25, -0.2) is 0 Å². The Hall–Kier alpha value is -2.11. The monoisotopic (exact) mass is 347 g/mol. The van der Waals surface area contributed by atoms with Crippen LogP contribution < -0.4 is 4.18 Å². The van der Waals surface area contributed by atoms with E-state index in [0.717, 1.165) is 11.1 Å². The molecule has 0 fully saturated rings. The molecule has 4 nitrogen and oxygen atoms in total. The van der Waals surface area contributed by atoms with Crippen LogP contribution in [-0.4, -0.2) is 13.4 Å². The third-order valence-corrected chi connectivity index (χ3v) is 5.21. The van der Waals surface area contributed by atoms with Crippen molar-refractivity contribution in [3.05, 3.63) is 64.8 Å². The van der Waals surface area contributed by atoms with Gasteiger partial charge in [0.05, 0.1) is 5.02 Å². The molecule has 2 aromatic carbocycles. The van der Waals surface area contributed by atoms with Crippen molar-refractivity contribution in [2.45, 2.75) is 18.7 Å². The zero-order valence-electron chi connectivity index (χ0n) is 12.6. The molecule has 0 N–H and O–H groups in total. The van der Waals surface area contributed by atoms with E-state index >= 15 is 0 Å². The second-order valence-corrected chi connectivity index (χ2v) is 7.18. The van der Waals surface area contributed by atoms with Gasteiger partial charge in [-0.15, -0.1) is 0 Å². The molecule has 0 aliphatic heterocycles. The van der Waals surface area contributed by atoms with Gasteiger partial charge in [0.2, 0.25) is 0 Å². The summed E-state index contributed by atoms with van der Waals surface area (Å²) in [6, 6.07) is 11.5. The fraction of sp³-hybridized carbons (Fsp3) is 0.118. The number of hydrogen-bond donors (Lipinski definition) is 0. The summed E-state index contributed by atoms with van der Waals surface area (Å²) in [7, 11) is -3.94. The highest BCUT2D eigenvalue weighted by molar-refractivity contribution is 7.87. The van der Waals surface area contributed by atoms with Gasteiger partial charge < -0.3 is 4.18 Å².